The number of ether oxygens (including phenoxy) is 1. The third-order valence-corrected chi connectivity index (χ3v) is 3.19. The number of hydrogen-bond acceptors (Lipinski definition) is 3. The zero-order valence-electron chi connectivity index (χ0n) is 12.3. The van der Waals surface area contributed by atoms with E-state index in [1.54, 1.807) is 12.3 Å². The third kappa shape index (κ3) is 4.41. The lowest BCUT2D eigenvalue weighted by Gasteiger charge is -2.14. The Morgan fingerprint density at radius 3 is 2.76 bits per heavy atom. The zero-order chi connectivity index (χ0) is 15.4. The van der Waals surface area contributed by atoms with Gasteiger partial charge in [0.15, 0.2) is 0 Å². The van der Waals surface area contributed by atoms with Crippen molar-refractivity contribution in [2.45, 2.75) is 33.4 Å². The quantitative estimate of drug-likeness (QED) is 0.884. The Balaban J connectivity index is 2.24. The molecule has 1 aromatic heterocycles. The van der Waals surface area contributed by atoms with Gasteiger partial charge in [0.2, 0.25) is 0 Å². The number of aromatic nitrogens is 1. The summed E-state index contributed by atoms with van der Waals surface area (Å²) >= 11 is 5.77. The lowest BCUT2D eigenvalue weighted by atomic mass is 10.2. The molecule has 112 valence electrons. The highest BCUT2D eigenvalue weighted by atomic mass is 35.5. The highest BCUT2D eigenvalue weighted by Crippen LogP contribution is 2.28. The van der Waals surface area contributed by atoms with Gasteiger partial charge in [0.25, 0.3) is 0 Å². The fourth-order valence-electron chi connectivity index (χ4n) is 1.77. The molecule has 1 aromatic carbocycles. The lowest BCUT2D eigenvalue weighted by Crippen LogP contribution is -2.22. The molecule has 0 radical (unpaired) electrons. The monoisotopic (exact) mass is 308 g/mol. The highest BCUT2D eigenvalue weighted by molar-refractivity contribution is 6.30. The first-order chi connectivity index (χ1) is 9.95. The van der Waals surface area contributed by atoms with E-state index in [1.165, 1.54) is 12.1 Å². The zero-order valence-corrected chi connectivity index (χ0v) is 13.0. The van der Waals surface area contributed by atoms with Crippen molar-refractivity contribution in [2.75, 3.05) is 0 Å². The molecule has 2 aromatic rings. The van der Waals surface area contributed by atoms with Crippen LogP contribution in [0, 0.1) is 12.7 Å². The summed E-state index contributed by atoms with van der Waals surface area (Å²) in [6.07, 6.45) is 1.78. The van der Waals surface area contributed by atoms with E-state index in [2.05, 4.69) is 24.1 Å². The molecular weight excluding hydrogens is 291 g/mol. The predicted octanol–water partition coefficient (Wildman–Crippen LogP) is 4.47. The maximum atomic E-state index is 13.2. The summed E-state index contributed by atoms with van der Waals surface area (Å²) in [4.78, 5) is 4.28. The molecule has 1 heterocycles. The number of nitrogens with one attached hydrogen (secondary N) is 1. The van der Waals surface area contributed by atoms with Gasteiger partial charge in [-0.1, -0.05) is 25.4 Å². The minimum Gasteiger partial charge on any atom is -0.457 e. The molecule has 0 fully saturated rings. The Labute approximate surface area is 129 Å². The first-order valence-corrected chi connectivity index (χ1v) is 7.15. The van der Waals surface area contributed by atoms with E-state index in [-0.39, 0.29) is 5.02 Å². The Morgan fingerprint density at radius 2 is 2.10 bits per heavy atom. The van der Waals surface area contributed by atoms with Crippen molar-refractivity contribution in [3.05, 3.63) is 52.6 Å². The molecule has 5 heteroatoms. The van der Waals surface area contributed by atoms with E-state index in [4.69, 9.17) is 16.3 Å². The van der Waals surface area contributed by atoms with Crippen molar-refractivity contribution in [3.63, 3.8) is 0 Å². The average molecular weight is 309 g/mol. The summed E-state index contributed by atoms with van der Waals surface area (Å²) in [5, 5.41) is 3.36. The molecule has 0 saturated carbocycles. The van der Waals surface area contributed by atoms with Crippen LogP contribution in [0.5, 0.6) is 11.5 Å². The van der Waals surface area contributed by atoms with Crippen molar-refractivity contribution >= 4 is 11.6 Å². The number of nitrogens with zero attached hydrogens (tertiary/aromatic N) is 1. The SMILES string of the molecule is Cc1cc(Oc2ccc(F)c(Cl)c2)c(CNC(C)C)cn1. The minimum atomic E-state index is -0.461. The Kier molecular flexibility index (Phi) is 5.15. The Hall–Kier alpha value is -1.65. The molecule has 1 N–H and O–H groups in total. The summed E-state index contributed by atoms with van der Waals surface area (Å²) in [6.45, 7) is 6.68. The molecule has 0 unspecified atom stereocenters. The Bertz CT molecular complexity index is 632. The largest absolute Gasteiger partial charge is 0.457 e. The standard InChI is InChI=1S/C16H18ClFN2O/c1-10(2)19-8-12-9-20-11(3)6-16(12)21-13-4-5-15(18)14(17)7-13/h4-7,9-10,19H,8H2,1-3H3. The van der Waals surface area contributed by atoms with Crippen LogP contribution < -0.4 is 10.1 Å². The highest BCUT2D eigenvalue weighted by Gasteiger charge is 2.09. The van der Waals surface area contributed by atoms with Crippen LogP contribution in [-0.4, -0.2) is 11.0 Å². The van der Waals surface area contributed by atoms with Crippen LogP contribution in [0.4, 0.5) is 4.39 Å². The first kappa shape index (κ1) is 15.7. The molecule has 0 amide bonds. The van der Waals surface area contributed by atoms with E-state index in [0.29, 0.717) is 24.1 Å². The fourth-order valence-corrected chi connectivity index (χ4v) is 1.94. The maximum Gasteiger partial charge on any atom is 0.142 e. The van der Waals surface area contributed by atoms with Gasteiger partial charge in [-0.05, 0) is 19.1 Å². The van der Waals surface area contributed by atoms with Crippen LogP contribution in [0.25, 0.3) is 0 Å². The van der Waals surface area contributed by atoms with Crippen molar-refractivity contribution in [3.8, 4) is 11.5 Å². The van der Waals surface area contributed by atoms with Crippen LogP contribution >= 0.6 is 11.6 Å². The van der Waals surface area contributed by atoms with Crippen LogP contribution in [0.2, 0.25) is 5.02 Å². The summed E-state index contributed by atoms with van der Waals surface area (Å²) in [5.74, 6) is 0.729. The van der Waals surface area contributed by atoms with Gasteiger partial charge in [0, 0.05) is 42.2 Å². The number of hydrogen-bond donors (Lipinski definition) is 1. The molecule has 0 aliphatic carbocycles. The third-order valence-electron chi connectivity index (χ3n) is 2.90. The molecule has 21 heavy (non-hydrogen) atoms. The number of aryl methyl sites for hydroxylation is 1. The molecular formula is C16H18ClFN2O. The van der Waals surface area contributed by atoms with Crippen LogP contribution in [-0.2, 0) is 6.54 Å². The van der Waals surface area contributed by atoms with Crippen molar-refractivity contribution in [2.24, 2.45) is 0 Å². The van der Waals surface area contributed by atoms with Gasteiger partial charge in [-0.15, -0.1) is 0 Å². The molecule has 0 saturated heterocycles. The van der Waals surface area contributed by atoms with Gasteiger partial charge in [-0.2, -0.15) is 0 Å². The first-order valence-electron chi connectivity index (χ1n) is 6.77. The molecule has 0 spiro atoms. The number of halogens is 2. The number of rotatable bonds is 5. The molecule has 2 rings (SSSR count). The van der Waals surface area contributed by atoms with Crippen LogP contribution in [0.3, 0.4) is 0 Å². The minimum absolute atomic E-state index is 0.0418. The van der Waals surface area contributed by atoms with Gasteiger partial charge in [-0.25, -0.2) is 4.39 Å². The van der Waals surface area contributed by atoms with Gasteiger partial charge in [-0.3, -0.25) is 4.98 Å². The van der Waals surface area contributed by atoms with Gasteiger partial charge < -0.3 is 10.1 Å². The molecule has 0 bridgehead atoms. The van der Waals surface area contributed by atoms with E-state index >= 15 is 0 Å². The second kappa shape index (κ2) is 6.87. The number of benzene rings is 1. The van der Waals surface area contributed by atoms with E-state index < -0.39 is 5.82 Å². The fraction of sp³-hybridized carbons (Fsp3) is 0.312. The van der Waals surface area contributed by atoms with E-state index in [9.17, 15) is 4.39 Å². The van der Waals surface area contributed by atoms with Crippen LogP contribution in [0.1, 0.15) is 25.1 Å². The molecule has 0 atom stereocenters. The number of pyridine rings is 1. The van der Waals surface area contributed by atoms with Gasteiger partial charge in [0.05, 0.1) is 5.02 Å². The maximum absolute atomic E-state index is 13.2. The molecule has 3 nitrogen and oxygen atoms in total. The summed E-state index contributed by atoms with van der Waals surface area (Å²) in [5.41, 5.74) is 1.79. The molecule has 0 aliphatic rings. The smallest absolute Gasteiger partial charge is 0.142 e. The second-order valence-electron chi connectivity index (χ2n) is 5.15. The summed E-state index contributed by atoms with van der Waals surface area (Å²) in [7, 11) is 0. The van der Waals surface area contributed by atoms with Crippen molar-refractivity contribution < 1.29 is 9.13 Å². The summed E-state index contributed by atoms with van der Waals surface area (Å²) in [6, 6.07) is 6.52. The molecule has 0 aliphatic heterocycles. The topological polar surface area (TPSA) is 34.1 Å². The van der Waals surface area contributed by atoms with E-state index in [0.717, 1.165) is 11.3 Å². The van der Waals surface area contributed by atoms with Gasteiger partial charge >= 0.3 is 0 Å². The van der Waals surface area contributed by atoms with Crippen LogP contribution in [0.15, 0.2) is 30.5 Å². The lowest BCUT2D eigenvalue weighted by molar-refractivity contribution is 0.466. The van der Waals surface area contributed by atoms with Gasteiger partial charge in [0.1, 0.15) is 17.3 Å². The normalized spacial score (nSPS) is 11.0. The van der Waals surface area contributed by atoms with E-state index in [1.807, 2.05) is 13.0 Å². The second-order valence-corrected chi connectivity index (χ2v) is 5.55. The average Bonchev–Trinajstić information content (AvgIpc) is 2.42. The Morgan fingerprint density at radius 1 is 1.33 bits per heavy atom. The predicted molar refractivity (Wildman–Crippen MR) is 82.4 cm³/mol. The summed E-state index contributed by atoms with van der Waals surface area (Å²) < 4.78 is 19.0. The van der Waals surface area contributed by atoms with Crippen molar-refractivity contribution in [1.29, 1.82) is 0 Å². The van der Waals surface area contributed by atoms with Crippen molar-refractivity contribution in [1.82, 2.24) is 10.3 Å².